The highest BCUT2D eigenvalue weighted by atomic mass is 16.3. The van der Waals surface area contributed by atoms with Crippen molar-refractivity contribution < 1.29 is 9.90 Å². The minimum Gasteiger partial charge on any atom is -0.388 e. The number of hydrogen-bond donors (Lipinski definition) is 2. The predicted octanol–water partition coefficient (Wildman–Crippen LogP) is 2.76. The summed E-state index contributed by atoms with van der Waals surface area (Å²) in [6.07, 6.45) is 0.858. The van der Waals surface area contributed by atoms with Gasteiger partial charge in [-0.25, -0.2) is 4.98 Å². The first-order valence-electron chi connectivity index (χ1n) is 7.30. The van der Waals surface area contributed by atoms with Crippen LogP contribution in [0.4, 0.5) is 0 Å². The minimum absolute atomic E-state index is 0.113. The highest BCUT2D eigenvalue weighted by Gasteiger charge is 2.27. The van der Waals surface area contributed by atoms with E-state index in [4.69, 9.17) is 0 Å². The molecule has 2 unspecified atom stereocenters. The van der Waals surface area contributed by atoms with Gasteiger partial charge in [0.1, 0.15) is 5.69 Å². The van der Waals surface area contributed by atoms with E-state index in [-0.39, 0.29) is 18.4 Å². The van der Waals surface area contributed by atoms with Gasteiger partial charge in [-0.1, -0.05) is 44.5 Å². The summed E-state index contributed by atoms with van der Waals surface area (Å²) in [7, 11) is 0. The number of pyridine rings is 1. The predicted molar refractivity (Wildman–Crippen MR) is 84.2 cm³/mol. The van der Waals surface area contributed by atoms with Gasteiger partial charge in [0.05, 0.1) is 11.1 Å². The van der Waals surface area contributed by atoms with E-state index in [1.807, 2.05) is 44.2 Å². The smallest absolute Gasteiger partial charge is 0.270 e. The molecule has 1 amide bonds. The number of nitrogens with one attached hydrogen (secondary N) is 1. The van der Waals surface area contributed by atoms with Crippen LogP contribution in [-0.4, -0.2) is 28.1 Å². The molecule has 2 N–H and O–H groups in total. The van der Waals surface area contributed by atoms with Crippen LogP contribution in [0.25, 0.3) is 10.9 Å². The number of benzene rings is 1. The van der Waals surface area contributed by atoms with Crippen molar-refractivity contribution in [3.63, 3.8) is 0 Å². The van der Waals surface area contributed by atoms with Crippen LogP contribution in [-0.2, 0) is 0 Å². The van der Waals surface area contributed by atoms with Crippen LogP contribution in [0, 0.1) is 5.92 Å². The van der Waals surface area contributed by atoms with E-state index in [9.17, 15) is 9.90 Å². The summed E-state index contributed by atoms with van der Waals surface area (Å²) < 4.78 is 0. The average Bonchev–Trinajstić information content (AvgIpc) is 2.51. The molecule has 0 aliphatic heterocycles. The standard InChI is InChI=1S/C17H22N2O2/c1-4-12(2)17(3,21)11-18-16(20)15-10-9-13-7-5-6-8-14(13)19-15/h5-10,12,21H,4,11H2,1-3H3,(H,18,20). The second-order valence-electron chi connectivity index (χ2n) is 5.74. The molecule has 0 fully saturated rings. The molecule has 112 valence electrons. The highest BCUT2D eigenvalue weighted by Crippen LogP contribution is 2.19. The molecule has 1 aromatic carbocycles. The zero-order valence-electron chi connectivity index (χ0n) is 12.8. The lowest BCUT2D eigenvalue weighted by Gasteiger charge is -2.29. The molecule has 2 aromatic rings. The Balaban J connectivity index is 2.08. The molecule has 21 heavy (non-hydrogen) atoms. The fourth-order valence-corrected chi connectivity index (χ4v) is 2.16. The number of amides is 1. The van der Waals surface area contributed by atoms with Crippen molar-refractivity contribution in [2.45, 2.75) is 32.8 Å². The van der Waals surface area contributed by atoms with Crippen LogP contribution in [0.2, 0.25) is 0 Å². The molecule has 0 saturated heterocycles. The Morgan fingerprint density at radius 1 is 1.33 bits per heavy atom. The summed E-state index contributed by atoms with van der Waals surface area (Å²) in [5.74, 6) is -0.147. The van der Waals surface area contributed by atoms with Crippen molar-refractivity contribution in [2.24, 2.45) is 5.92 Å². The SMILES string of the molecule is CCC(C)C(C)(O)CNC(=O)c1ccc2ccccc2n1. The number of rotatable bonds is 5. The first-order valence-corrected chi connectivity index (χ1v) is 7.30. The molecule has 0 aliphatic carbocycles. The molecule has 0 bridgehead atoms. The first kappa shape index (κ1) is 15.4. The molecular weight excluding hydrogens is 264 g/mol. The minimum atomic E-state index is -0.915. The van der Waals surface area contributed by atoms with Gasteiger partial charge >= 0.3 is 0 Å². The number of nitrogens with zero attached hydrogens (tertiary/aromatic N) is 1. The van der Waals surface area contributed by atoms with Crippen molar-refractivity contribution in [3.05, 3.63) is 42.1 Å². The third-order valence-electron chi connectivity index (χ3n) is 4.11. The van der Waals surface area contributed by atoms with Gasteiger partial charge in [0, 0.05) is 11.9 Å². The maximum atomic E-state index is 12.2. The van der Waals surface area contributed by atoms with Gasteiger partial charge in [-0.3, -0.25) is 4.79 Å². The van der Waals surface area contributed by atoms with Crippen molar-refractivity contribution in [2.75, 3.05) is 6.54 Å². The van der Waals surface area contributed by atoms with Crippen molar-refractivity contribution in [1.82, 2.24) is 10.3 Å². The largest absolute Gasteiger partial charge is 0.388 e. The van der Waals surface area contributed by atoms with E-state index in [1.165, 1.54) is 0 Å². The van der Waals surface area contributed by atoms with Gasteiger partial charge in [0.15, 0.2) is 0 Å². The lowest BCUT2D eigenvalue weighted by Crippen LogP contribution is -2.45. The molecule has 0 saturated carbocycles. The topological polar surface area (TPSA) is 62.2 Å². The fraction of sp³-hybridized carbons (Fsp3) is 0.412. The highest BCUT2D eigenvalue weighted by molar-refractivity contribution is 5.94. The molecule has 4 heteroatoms. The summed E-state index contributed by atoms with van der Waals surface area (Å²) in [4.78, 5) is 16.5. The van der Waals surface area contributed by atoms with Crippen LogP contribution in [0.3, 0.4) is 0 Å². The number of para-hydroxylation sites is 1. The zero-order chi connectivity index (χ0) is 15.5. The van der Waals surface area contributed by atoms with E-state index >= 15 is 0 Å². The van der Waals surface area contributed by atoms with Crippen LogP contribution in [0.15, 0.2) is 36.4 Å². The second kappa shape index (κ2) is 6.22. The van der Waals surface area contributed by atoms with Gasteiger partial charge in [0.2, 0.25) is 0 Å². The number of aromatic nitrogens is 1. The monoisotopic (exact) mass is 286 g/mol. The van der Waals surface area contributed by atoms with Gasteiger partial charge in [-0.15, -0.1) is 0 Å². The quantitative estimate of drug-likeness (QED) is 0.888. The molecular formula is C17H22N2O2. The molecule has 0 radical (unpaired) electrons. The van der Waals surface area contributed by atoms with Crippen molar-refractivity contribution >= 4 is 16.8 Å². The van der Waals surface area contributed by atoms with Crippen LogP contribution >= 0.6 is 0 Å². The molecule has 0 spiro atoms. The van der Waals surface area contributed by atoms with E-state index in [0.717, 1.165) is 17.3 Å². The van der Waals surface area contributed by atoms with Crippen molar-refractivity contribution in [3.8, 4) is 0 Å². The second-order valence-corrected chi connectivity index (χ2v) is 5.74. The third kappa shape index (κ3) is 3.58. The number of hydrogen-bond acceptors (Lipinski definition) is 3. The Labute approximate surface area is 125 Å². The molecule has 2 rings (SSSR count). The summed E-state index contributed by atoms with van der Waals surface area (Å²) in [6.45, 7) is 5.96. The number of aliphatic hydroxyl groups is 1. The molecule has 1 heterocycles. The summed E-state index contributed by atoms with van der Waals surface area (Å²) >= 11 is 0. The number of fused-ring (bicyclic) bond motifs is 1. The van der Waals surface area contributed by atoms with Gasteiger partial charge < -0.3 is 10.4 Å². The number of carbonyl (C=O) groups excluding carboxylic acids is 1. The molecule has 1 aromatic heterocycles. The maximum Gasteiger partial charge on any atom is 0.270 e. The lowest BCUT2D eigenvalue weighted by molar-refractivity contribution is 0.00588. The van der Waals surface area contributed by atoms with Crippen LogP contribution in [0.1, 0.15) is 37.7 Å². The Kier molecular flexibility index (Phi) is 4.58. The summed E-state index contributed by atoms with van der Waals surface area (Å²) in [5, 5.41) is 14.1. The van der Waals surface area contributed by atoms with E-state index in [1.54, 1.807) is 13.0 Å². The molecule has 0 aliphatic rings. The summed E-state index contributed by atoms with van der Waals surface area (Å²) in [5.41, 5.74) is 0.244. The van der Waals surface area contributed by atoms with E-state index in [2.05, 4.69) is 10.3 Å². The zero-order valence-corrected chi connectivity index (χ0v) is 12.8. The third-order valence-corrected chi connectivity index (χ3v) is 4.11. The van der Waals surface area contributed by atoms with Gasteiger partial charge in [-0.05, 0) is 25.0 Å². The van der Waals surface area contributed by atoms with Crippen molar-refractivity contribution in [1.29, 1.82) is 0 Å². The lowest BCUT2D eigenvalue weighted by atomic mass is 9.88. The maximum absolute atomic E-state index is 12.2. The molecule has 4 nitrogen and oxygen atoms in total. The van der Waals surface area contributed by atoms with Gasteiger partial charge in [-0.2, -0.15) is 0 Å². The normalized spacial score (nSPS) is 15.4. The van der Waals surface area contributed by atoms with Crippen LogP contribution < -0.4 is 5.32 Å². The Morgan fingerprint density at radius 3 is 2.76 bits per heavy atom. The first-order chi connectivity index (χ1) is 9.94. The van der Waals surface area contributed by atoms with E-state index in [0.29, 0.717) is 5.69 Å². The van der Waals surface area contributed by atoms with Crippen LogP contribution in [0.5, 0.6) is 0 Å². The average molecular weight is 286 g/mol. The Bertz CT molecular complexity index is 637. The van der Waals surface area contributed by atoms with Gasteiger partial charge in [0.25, 0.3) is 5.91 Å². The number of carbonyl (C=O) groups is 1. The Morgan fingerprint density at radius 2 is 2.05 bits per heavy atom. The van der Waals surface area contributed by atoms with E-state index < -0.39 is 5.60 Å². The molecule has 2 atom stereocenters. The Hall–Kier alpha value is -1.94. The summed E-state index contributed by atoms with van der Waals surface area (Å²) in [6, 6.07) is 11.2. The fourth-order valence-electron chi connectivity index (χ4n) is 2.16.